The van der Waals surface area contributed by atoms with Crippen LogP contribution in [0.5, 0.6) is 0 Å². The lowest BCUT2D eigenvalue weighted by atomic mass is 10.0. The zero-order valence-electron chi connectivity index (χ0n) is 11.4. The predicted molar refractivity (Wildman–Crippen MR) is 75.2 cm³/mol. The number of carbonyl (C=O) groups is 1. The van der Waals surface area contributed by atoms with E-state index in [4.69, 9.17) is 21.9 Å². The van der Waals surface area contributed by atoms with Crippen LogP contribution in [0.4, 0.5) is 0 Å². The van der Waals surface area contributed by atoms with Gasteiger partial charge in [-0.25, -0.2) is 0 Å². The summed E-state index contributed by atoms with van der Waals surface area (Å²) in [6.45, 7) is 5.04. The number of azide groups is 1. The number of nitrogens with zero attached hydrogens (tertiary/aromatic N) is 3. The molecule has 0 spiro atoms. The molecule has 0 unspecified atom stereocenters. The van der Waals surface area contributed by atoms with Crippen LogP contribution in [0.1, 0.15) is 32.4 Å². The number of aliphatic hydroxyl groups excluding tert-OH is 1. The third-order valence-corrected chi connectivity index (χ3v) is 2.69. The first-order valence-electron chi connectivity index (χ1n) is 5.96. The molecule has 1 N–H and O–H groups in total. The molecule has 0 aliphatic carbocycles. The molecule has 1 aromatic rings. The van der Waals surface area contributed by atoms with Gasteiger partial charge in [0.05, 0.1) is 6.10 Å². The molecule has 20 heavy (non-hydrogen) atoms. The molecule has 2 atom stereocenters. The van der Waals surface area contributed by atoms with Crippen LogP contribution < -0.4 is 0 Å². The summed E-state index contributed by atoms with van der Waals surface area (Å²) in [5.74, 6) is -0.803. The summed E-state index contributed by atoms with van der Waals surface area (Å²) in [4.78, 5) is 14.6. The molecule has 0 aromatic heterocycles. The van der Waals surface area contributed by atoms with Crippen LogP contribution in [0.25, 0.3) is 10.4 Å². The number of benzene rings is 1. The predicted octanol–water partition coefficient (Wildman–Crippen LogP) is 3.39. The van der Waals surface area contributed by atoms with Crippen molar-refractivity contribution in [2.45, 2.75) is 38.5 Å². The van der Waals surface area contributed by atoms with E-state index in [1.807, 2.05) is 0 Å². The van der Waals surface area contributed by atoms with Gasteiger partial charge in [0.15, 0.2) is 6.04 Å². The number of rotatable bonds is 4. The number of ether oxygens (including phenoxy) is 1. The molecule has 0 bridgehead atoms. The largest absolute Gasteiger partial charge is 0.460 e. The van der Waals surface area contributed by atoms with Crippen molar-refractivity contribution in [1.82, 2.24) is 0 Å². The van der Waals surface area contributed by atoms with Crippen molar-refractivity contribution in [3.63, 3.8) is 0 Å². The van der Waals surface area contributed by atoms with Crippen LogP contribution in [0.3, 0.4) is 0 Å². The number of hydrogen-bond donors (Lipinski definition) is 1. The average Bonchev–Trinajstić information content (AvgIpc) is 2.33. The zero-order valence-corrected chi connectivity index (χ0v) is 12.2. The van der Waals surface area contributed by atoms with E-state index in [-0.39, 0.29) is 5.02 Å². The fourth-order valence-corrected chi connectivity index (χ4v) is 1.79. The number of esters is 1. The Hall–Kier alpha value is -1.75. The fourth-order valence-electron chi connectivity index (χ4n) is 1.54. The number of halogens is 1. The van der Waals surface area contributed by atoms with E-state index in [1.54, 1.807) is 45.0 Å². The summed E-state index contributed by atoms with van der Waals surface area (Å²) < 4.78 is 5.13. The van der Waals surface area contributed by atoms with Gasteiger partial charge in [0.1, 0.15) is 5.60 Å². The Bertz CT molecular complexity index is 536. The van der Waals surface area contributed by atoms with Crippen LogP contribution in [-0.4, -0.2) is 22.7 Å². The van der Waals surface area contributed by atoms with E-state index in [1.165, 1.54) is 0 Å². The lowest BCUT2D eigenvalue weighted by Gasteiger charge is -2.24. The number of aliphatic hydroxyl groups is 1. The van der Waals surface area contributed by atoms with Crippen molar-refractivity contribution in [2.75, 3.05) is 0 Å². The van der Waals surface area contributed by atoms with Crippen LogP contribution in [-0.2, 0) is 9.53 Å². The lowest BCUT2D eigenvalue weighted by molar-refractivity contribution is -0.159. The molecule has 1 aromatic carbocycles. The van der Waals surface area contributed by atoms with Crippen LogP contribution >= 0.6 is 11.6 Å². The molecule has 1 rings (SSSR count). The molecule has 0 aliphatic rings. The highest BCUT2D eigenvalue weighted by Gasteiger charge is 2.32. The second-order valence-corrected chi connectivity index (χ2v) is 5.56. The van der Waals surface area contributed by atoms with Gasteiger partial charge < -0.3 is 9.84 Å². The Morgan fingerprint density at radius 3 is 2.55 bits per heavy atom. The monoisotopic (exact) mass is 297 g/mol. The molecule has 108 valence electrons. The van der Waals surface area contributed by atoms with Crippen molar-refractivity contribution in [2.24, 2.45) is 5.11 Å². The van der Waals surface area contributed by atoms with Crippen molar-refractivity contribution in [1.29, 1.82) is 0 Å². The Morgan fingerprint density at radius 2 is 2.05 bits per heavy atom. The maximum Gasteiger partial charge on any atom is 0.318 e. The standard InChI is InChI=1S/C13H16ClN3O3/c1-13(2,3)20-12(19)10(16-17-15)11(18)8-6-4-5-7-9(8)14/h4-7,10-11,18H,1-3H3/t10-,11-/m1/s1. The van der Waals surface area contributed by atoms with Crippen molar-refractivity contribution >= 4 is 17.6 Å². The SMILES string of the molecule is CC(C)(C)OC(=O)[C@H](N=[N+]=[N-])[C@H](O)c1ccccc1Cl. The third-order valence-electron chi connectivity index (χ3n) is 2.35. The van der Waals surface area contributed by atoms with Crippen LogP contribution in [0, 0.1) is 0 Å². The van der Waals surface area contributed by atoms with Crippen molar-refractivity contribution in [3.05, 3.63) is 45.3 Å². The van der Waals surface area contributed by atoms with Gasteiger partial charge in [0.2, 0.25) is 0 Å². The zero-order chi connectivity index (χ0) is 15.3. The van der Waals surface area contributed by atoms with Gasteiger partial charge >= 0.3 is 5.97 Å². The maximum absolute atomic E-state index is 12.0. The lowest BCUT2D eigenvalue weighted by Crippen LogP contribution is -2.34. The second kappa shape index (κ2) is 6.61. The Kier molecular flexibility index (Phi) is 5.39. The third kappa shape index (κ3) is 4.42. The molecule has 0 radical (unpaired) electrons. The van der Waals surface area contributed by atoms with Crippen LogP contribution in [0.15, 0.2) is 29.4 Å². The minimum atomic E-state index is -1.39. The van der Waals surface area contributed by atoms with Crippen molar-refractivity contribution in [3.8, 4) is 0 Å². The number of hydrogen-bond acceptors (Lipinski definition) is 4. The van der Waals surface area contributed by atoms with Gasteiger partial charge in [0, 0.05) is 15.5 Å². The van der Waals surface area contributed by atoms with E-state index < -0.39 is 23.7 Å². The summed E-state index contributed by atoms with van der Waals surface area (Å²) >= 11 is 5.95. The summed E-state index contributed by atoms with van der Waals surface area (Å²) in [6.07, 6.45) is -1.37. The molecule has 0 amide bonds. The Balaban J connectivity index is 3.05. The van der Waals surface area contributed by atoms with Gasteiger partial charge in [-0.15, -0.1) is 0 Å². The molecule has 0 aliphatic heterocycles. The molecule has 0 heterocycles. The highest BCUT2D eigenvalue weighted by Crippen LogP contribution is 2.28. The quantitative estimate of drug-likeness (QED) is 0.399. The minimum absolute atomic E-state index is 0.279. The first-order chi connectivity index (χ1) is 9.26. The van der Waals surface area contributed by atoms with E-state index >= 15 is 0 Å². The fraction of sp³-hybridized carbons (Fsp3) is 0.462. The van der Waals surface area contributed by atoms with Gasteiger partial charge in [-0.3, -0.25) is 4.79 Å². The number of carbonyl (C=O) groups excluding carboxylic acids is 1. The molecule has 7 heteroatoms. The Morgan fingerprint density at radius 1 is 1.45 bits per heavy atom. The normalized spacial score (nSPS) is 14.1. The highest BCUT2D eigenvalue weighted by atomic mass is 35.5. The molecule has 0 saturated carbocycles. The average molecular weight is 298 g/mol. The van der Waals surface area contributed by atoms with Gasteiger partial charge in [-0.05, 0) is 32.4 Å². The highest BCUT2D eigenvalue weighted by molar-refractivity contribution is 6.31. The molecule has 6 nitrogen and oxygen atoms in total. The summed E-state index contributed by atoms with van der Waals surface area (Å²) in [5, 5.41) is 13.8. The topological polar surface area (TPSA) is 95.3 Å². The molecule has 0 fully saturated rings. The molecular weight excluding hydrogens is 282 g/mol. The minimum Gasteiger partial charge on any atom is -0.460 e. The van der Waals surface area contributed by atoms with Crippen molar-refractivity contribution < 1.29 is 14.6 Å². The summed E-state index contributed by atoms with van der Waals surface area (Å²) in [7, 11) is 0. The Labute approximate surface area is 121 Å². The summed E-state index contributed by atoms with van der Waals surface area (Å²) in [5.41, 5.74) is 8.11. The molecule has 0 saturated heterocycles. The maximum atomic E-state index is 12.0. The van der Waals surface area contributed by atoms with E-state index in [2.05, 4.69) is 10.0 Å². The van der Waals surface area contributed by atoms with E-state index in [0.717, 1.165) is 0 Å². The van der Waals surface area contributed by atoms with Crippen LogP contribution in [0.2, 0.25) is 5.02 Å². The smallest absolute Gasteiger partial charge is 0.318 e. The first-order valence-corrected chi connectivity index (χ1v) is 6.33. The van der Waals surface area contributed by atoms with E-state index in [9.17, 15) is 9.90 Å². The molecular formula is C13H16ClN3O3. The van der Waals surface area contributed by atoms with E-state index in [0.29, 0.717) is 5.56 Å². The first kappa shape index (κ1) is 16.3. The van der Waals surface area contributed by atoms with Gasteiger partial charge in [-0.2, -0.15) is 0 Å². The summed E-state index contributed by atoms with van der Waals surface area (Å²) in [6, 6.07) is 5.08. The van der Waals surface area contributed by atoms with Gasteiger partial charge in [0.25, 0.3) is 0 Å². The van der Waals surface area contributed by atoms with Gasteiger partial charge in [-0.1, -0.05) is 34.9 Å². The second-order valence-electron chi connectivity index (χ2n) is 5.15.